The molecule has 1 N–H and O–H groups in total. The second-order valence-corrected chi connectivity index (χ2v) is 13.2. The number of aryl methyl sites for hydroxylation is 1. The second kappa shape index (κ2) is 27.0. The number of nitrogens with zero attached hydrogens (tertiary/aromatic N) is 1. The largest absolute Gasteiger partial charge is 0.428 e. The summed E-state index contributed by atoms with van der Waals surface area (Å²) < 4.78 is 10.3. The van der Waals surface area contributed by atoms with Gasteiger partial charge in [0, 0.05) is 19.4 Å². The van der Waals surface area contributed by atoms with Crippen molar-refractivity contribution in [2.45, 2.75) is 167 Å². The summed E-state index contributed by atoms with van der Waals surface area (Å²) in [6, 6.07) is 7.88. The Kier molecular flexibility index (Phi) is 23.1. The molecule has 7 heteroatoms. The second-order valence-electron chi connectivity index (χ2n) is 13.2. The number of ether oxygens (including phenoxy) is 2. The summed E-state index contributed by atoms with van der Waals surface area (Å²) in [5.74, 6) is 2.24. The smallest absolute Gasteiger partial charge is 0.413 e. The van der Waals surface area contributed by atoms with E-state index < -0.39 is 18.9 Å². The maximum atomic E-state index is 12.7. The van der Waals surface area contributed by atoms with E-state index in [2.05, 4.69) is 24.2 Å². The number of nitrogens with one attached hydrogen (secondary N) is 1. The van der Waals surface area contributed by atoms with Crippen molar-refractivity contribution >= 4 is 18.0 Å². The van der Waals surface area contributed by atoms with Crippen LogP contribution in [0, 0.1) is 12.3 Å². The van der Waals surface area contributed by atoms with Gasteiger partial charge < -0.3 is 14.8 Å². The van der Waals surface area contributed by atoms with E-state index in [0.717, 1.165) is 44.1 Å². The molecule has 264 valence electrons. The van der Waals surface area contributed by atoms with Crippen molar-refractivity contribution in [1.29, 1.82) is 0 Å². The minimum Gasteiger partial charge on any atom is -0.428 e. The average molecular weight is 653 g/mol. The summed E-state index contributed by atoms with van der Waals surface area (Å²) in [5, 5.41) is 2.99. The lowest BCUT2D eigenvalue weighted by molar-refractivity contribution is -0.152. The first kappa shape index (κ1) is 40.2. The quantitative estimate of drug-likeness (QED) is 0.0422. The standard InChI is InChI=1S/C40H64N2O5/c1-3-5-6-7-8-9-10-11-12-13-14-15-16-17-18-19-21-28-38(43)41-32-25-20-22-29-39(44)46-34-47-40(45)42(33-4-2)37-31-30-35-26-23-24-27-36(35)37/h2,23-24,26-27,37H,3,5-22,25,28-34H2,1H3,(H,41,43)/t37-/m1/s1. The molecule has 0 aliphatic heterocycles. The molecule has 0 saturated carbocycles. The summed E-state index contributed by atoms with van der Waals surface area (Å²) in [6.07, 6.45) is 32.4. The zero-order valence-corrected chi connectivity index (χ0v) is 29.5. The van der Waals surface area contributed by atoms with E-state index in [1.165, 1.54) is 107 Å². The molecule has 47 heavy (non-hydrogen) atoms. The monoisotopic (exact) mass is 652 g/mol. The van der Waals surface area contributed by atoms with Gasteiger partial charge in [-0.05, 0) is 43.2 Å². The fourth-order valence-corrected chi connectivity index (χ4v) is 6.46. The Morgan fingerprint density at radius 3 is 1.94 bits per heavy atom. The van der Waals surface area contributed by atoms with Crippen LogP contribution in [0.25, 0.3) is 0 Å². The Balaban J connectivity index is 1.35. The van der Waals surface area contributed by atoms with Crippen LogP contribution in [0.2, 0.25) is 0 Å². The molecule has 0 spiro atoms. The zero-order chi connectivity index (χ0) is 33.8. The molecular weight excluding hydrogens is 588 g/mol. The summed E-state index contributed by atoms with van der Waals surface area (Å²) in [5.41, 5.74) is 2.30. The Bertz CT molecular complexity index is 1040. The molecule has 0 fully saturated rings. The maximum absolute atomic E-state index is 12.7. The minimum atomic E-state index is -0.581. The number of fused-ring (bicyclic) bond motifs is 1. The molecule has 0 saturated heterocycles. The highest BCUT2D eigenvalue weighted by Crippen LogP contribution is 2.35. The lowest BCUT2D eigenvalue weighted by Crippen LogP contribution is -2.35. The number of benzene rings is 1. The number of hydrogen-bond donors (Lipinski definition) is 1. The third-order valence-corrected chi connectivity index (χ3v) is 9.26. The Morgan fingerprint density at radius 2 is 1.32 bits per heavy atom. The molecule has 7 nitrogen and oxygen atoms in total. The Labute approximate surface area is 286 Å². The Morgan fingerprint density at radius 1 is 0.766 bits per heavy atom. The van der Waals surface area contributed by atoms with E-state index >= 15 is 0 Å². The normalized spacial score (nSPS) is 13.5. The van der Waals surface area contributed by atoms with E-state index in [1.54, 1.807) is 0 Å². The molecule has 1 aliphatic carbocycles. The molecule has 2 rings (SSSR count). The number of esters is 1. The average Bonchev–Trinajstić information content (AvgIpc) is 3.50. The van der Waals surface area contributed by atoms with Crippen LogP contribution in [0.5, 0.6) is 0 Å². The molecule has 0 aromatic heterocycles. The van der Waals surface area contributed by atoms with Gasteiger partial charge in [-0.2, -0.15) is 0 Å². The zero-order valence-electron chi connectivity index (χ0n) is 29.5. The van der Waals surface area contributed by atoms with Gasteiger partial charge in [0.25, 0.3) is 0 Å². The van der Waals surface area contributed by atoms with Crippen molar-refractivity contribution in [2.24, 2.45) is 0 Å². The van der Waals surface area contributed by atoms with Crippen molar-refractivity contribution < 1.29 is 23.9 Å². The molecule has 0 heterocycles. The maximum Gasteiger partial charge on any atom is 0.413 e. The third kappa shape index (κ3) is 18.8. The van der Waals surface area contributed by atoms with E-state index in [0.29, 0.717) is 19.4 Å². The highest BCUT2D eigenvalue weighted by Gasteiger charge is 2.31. The molecule has 1 aromatic carbocycles. The molecule has 0 radical (unpaired) electrons. The first-order valence-electron chi connectivity index (χ1n) is 18.9. The minimum absolute atomic E-state index is 0.118. The van der Waals surface area contributed by atoms with E-state index in [1.807, 2.05) is 18.2 Å². The fourth-order valence-electron chi connectivity index (χ4n) is 6.46. The van der Waals surface area contributed by atoms with Crippen molar-refractivity contribution in [1.82, 2.24) is 10.2 Å². The van der Waals surface area contributed by atoms with Gasteiger partial charge >= 0.3 is 12.1 Å². The van der Waals surface area contributed by atoms with Crippen LogP contribution >= 0.6 is 0 Å². The molecule has 0 bridgehead atoms. The van der Waals surface area contributed by atoms with Crippen LogP contribution in [0.15, 0.2) is 24.3 Å². The molecule has 1 atom stereocenters. The number of unbranched alkanes of at least 4 members (excludes halogenated alkanes) is 18. The topological polar surface area (TPSA) is 84.9 Å². The van der Waals surface area contributed by atoms with Crippen LogP contribution in [0.1, 0.15) is 172 Å². The SMILES string of the molecule is C#CCN(C(=O)OCOC(=O)CCCCCNC(=O)CCCCCCCCCCCCCCCCCCC)[C@@H]1CCc2ccccc21. The molecule has 0 unspecified atom stereocenters. The molecule has 2 amide bonds. The van der Waals surface area contributed by atoms with Crippen molar-refractivity contribution in [3.63, 3.8) is 0 Å². The summed E-state index contributed by atoms with van der Waals surface area (Å²) in [7, 11) is 0. The predicted octanol–water partition coefficient (Wildman–Crippen LogP) is 9.96. The van der Waals surface area contributed by atoms with Gasteiger partial charge in [-0.1, -0.05) is 146 Å². The van der Waals surface area contributed by atoms with Crippen molar-refractivity contribution in [3.05, 3.63) is 35.4 Å². The fraction of sp³-hybridized carbons (Fsp3) is 0.725. The van der Waals surface area contributed by atoms with Gasteiger partial charge in [-0.15, -0.1) is 6.42 Å². The van der Waals surface area contributed by atoms with Gasteiger partial charge in [0.2, 0.25) is 12.7 Å². The lowest BCUT2D eigenvalue weighted by Gasteiger charge is -2.27. The highest BCUT2D eigenvalue weighted by atomic mass is 16.7. The van der Waals surface area contributed by atoms with Crippen molar-refractivity contribution in [2.75, 3.05) is 19.9 Å². The van der Waals surface area contributed by atoms with Crippen LogP contribution in [-0.4, -0.2) is 42.8 Å². The number of carbonyl (C=O) groups is 3. The number of terminal acetylenes is 1. The van der Waals surface area contributed by atoms with Crippen molar-refractivity contribution in [3.8, 4) is 12.3 Å². The summed E-state index contributed by atoms with van der Waals surface area (Å²) in [6.45, 7) is 2.60. The van der Waals surface area contributed by atoms with Gasteiger partial charge in [0.05, 0.1) is 12.6 Å². The van der Waals surface area contributed by atoms with E-state index in [-0.39, 0.29) is 24.9 Å². The number of amides is 2. The number of carbonyl (C=O) groups excluding carboxylic acids is 3. The van der Waals surface area contributed by atoms with Crippen LogP contribution in [-0.2, 0) is 25.5 Å². The summed E-state index contributed by atoms with van der Waals surface area (Å²) >= 11 is 0. The lowest BCUT2D eigenvalue weighted by atomic mass is 10.0. The first-order chi connectivity index (χ1) is 23.1. The van der Waals surface area contributed by atoms with Crippen LogP contribution < -0.4 is 5.32 Å². The van der Waals surface area contributed by atoms with Gasteiger partial charge in [-0.3, -0.25) is 14.5 Å². The van der Waals surface area contributed by atoms with Crippen LogP contribution in [0.3, 0.4) is 0 Å². The summed E-state index contributed by atoms with van der Waals surface area (Å²) in [4.78, 5) is 38.4. The first-order valence-corrected chi connectivity index (χ1v) is 18.9. The highest BCUT2D eigenvalue weighted by molar-refractivity contribution is 5.75. The predicted molar refractivity (Wildman–Crippen MR) is 191 cm³/mol. The third-order valence-electron chi connectivity index (χ3n) is 9.26. The number of hydrogen-bond acceptors (Lipinski definition) is 5. The van der Waals surface area contributed by atoms with Gasteiger partial charge in [0.1, 0.15) is 0 Å². The van der Waals surface area contributed by atoms with Gasteiger partial charge in [0.15, 0.2) is 0 Å². The Hall–Kier alpha value is -3.01. The van der Waals surface area contributed by atoms with E-state index in [4.69, 9.17) is 15.9 Å². The van der Waals surface area contributed by atoms with E-state index in [9.17, 15) is 14.4 Å². The molecule has 1 aliphatic rings. The van der Waals surface area contributed by atoms with Gasteiger partial charge in [-0.25, -0.2) is 4.79 Å². The number of rotatable bonds is 28. The van der Waals surface area contributed by atoms with Crippen LogP contribution in [0.4, 0.5) is 4.79 Å². The molecule has 1 aromatic rings. The molecular formula is C40H64N2O5.